The largest absolute Gasteiger partial charge is 0.342 e. The zero-order valence-electron chi connectivity index (χ0n) is 13.7. The second-order valence-corrected chi connectivity index (χ2v) is 6.54. The summed E-state index contributed by atoms with van der Waals surface area (Å²) in [4.78, 5) is 21.9. The highest BCUT2D eigenvalue weighted by Crippen LogP contribution is 2.30. The fraction of sp³-hybridized carbons (Fsp3) is 0.444. The molecule has 0 unspecified atom stereocenters. The number of rotatable bonds is 3. The lowest BCUT2D eigenvalue weighted by Gasteiger charge is -2.20. The molecule has 1 aliphatic heterocycles. The van der Waals surface area contributed by atoms with Crippen molar-refractivity contribution in [1.29, 1.82) is 0 Å². The first-order valence-corrected chi connectivity index (χ1v) is 7.87. The number of aromatic amines is 1. The van der Waals surface area contributed by atoms with Crippen LogP contribution in [0.2, 0.25) is 0 Å². The van der Waals surface area contributed by atoms with E-state index in [9.17, 15) is 4.79 Å². The molecule has 0 saturated carbocycles. The van der Waals surface area contributed by atoms with Gasteiger partial charge in [-0.05, 0) is 33.3 Å². The van der Waals surface area contributed by atoms with Gasteiger partial charge in [0.25, 0.3) is 0 Å². The number of hydrogen-bond acceptors (Lipinski definition) is 2. The highest BCUT2D eigenvalue weighted by atomic mass is 16.2. The van der Waals surface area contributed by atoms with E-state index in [2.05, 4.69) is 55.9 Å². The fourth-order valence-electron chi connectivity index (χ4n) is 3.21. The number of aryl methyl sites for hydroxylation is 2. The van der Waals surface area contributed by atoms with E-state index in [0.717, 1.165) is 18.1 Å². The molecule has 3 rings (SSSR count). The average Bonchev–Trinajstić information content (AvgIpc) is 3.05. The summed E-state index contributed by atoms with van der Waals surface area (Å²) in [6, 6.07) is 6.67. The monoisotopic (exact) mass is 297 g/mol. The minimum atomic E-state index is 0.175. The third kappa shape index (κ3) is 2.65. The van der Waals surface area contributed by atoms with Crippen molar-refractivity contribution in [3.63, 3.8) is 0 Å². The molecule has 4 heteroatoms. The van der Waals surface area contributed by atoms with Gasteiger partial charge in [0.05, 0.1) is 11.9 Å². The van der Waals surface area contributed by atoms with E-state index in [4.69, 9.17) is 0 Å². The summed E-state index contributed by atoms with van der Waals surface area (Å²) in [7, 11) is 0. The van der Waals surface area contributed by atoms with E-state index in [0.29, 0.717) is 6.42 Å². The van der Waals surface area contributed by atoms with E-state index < -0.39 is 0 Å². The van der Waals surface area contributed by atoms with Crippen molar-refractivity contribution in [3.05, 3.63) is 41.3 Å². The van der Waals surface area contributed by atoms with Crippen molar-refractivity contribution in [1.82, 2.24) is 14.9 Å². The van der Waals surface area contributed by atoms with Crippen LogP contribution in [0, 0.1) is 13.8 Å². The van der Waals surface area contributed by atoms with Gasteiger partial charge in [0.1, 0.15) is 5.82 Å². The summed E-state index contributed by atoms with van der Waals surface area (Å²) in [6.07, 6.45) is 2.44. The van der Waals surface area contributed by atoms with Crippen LogP contribution >= 0.6 is 0 Å². The number of hydrogen-bond donors (Lipinski definition) is 1. The van der Waals surface area contributed by atoms with Crippen LogP contribution < -0.4 is 0 Å². The number of carbonyl (C=O) groups is 1. The number of H-pyrrole nitrogens is 1. The van der Waals surface area contributed by atoms with Crippen LogP contribution in [0.1, 0.15) is 43.1 Å². The molecule has 1 aliphatic rings. The van der Waals surface area contributed by atoms with Gasteiger partial charge in [-0.25, -0.2) is 4.98 Å². The lowest BCUT2D eigenvalue weighted by molar-refractivity contribution is -0.129. The maximum Gasteiger partial charge on any atom is 0.223 e. The molecule has 4 nitrogen and oxygen atoms in total. The predicted molar refractivity (Wildman–Crippen MR) is 87.7 cm³/mol. The summed E-state index contributed by atoms with van der Waals surface area (Å²) >= 11 is 0. The molecule has 0 aliphatic carbocycles. The standard InChI is InChI=1S/C18H23N3O/c1-11(2)21-10-14(8-17(21)22)18-19-9-16(20-18)15-6-5-12(3)7-13(15)4/h5-7,9,11,14H,8,10H2,1-4H3,(H,19,20)/t14-/m1/s1. The zero-order chi connectivity index (χ0) is 15.9. The third-order valence-corrected chi connectivity index (χ3v) is 4.44. The van der Waals surface area contributed by atoms with Crippen LogP contribution in [0.3, 0.4) is 0 Å². The number of benzene rings is 1. The fourth-order valence-corrected chi connectivity index (χ4v) is 3.21. The Hall–Kier alpha value is -2.10. The molecule has 1 atom stereocenters. The zero-order valence-corrected chi connectivity index (χ0v) is 13.7. The number of nitrogens with one attached hydrogen (secondary N) is 1. The Morgan fingerprint density at radius 3 is 2.73 bits per heavy atom. The van der Waals surface area contributed by atoms with Gasteiger partial charge in [-0.15, -0.1) is 0 Å². The SMILES string of the molecule is Cc1ccc(-c2cnc([C@@H]3CC(=O)N(C(C)C)C3)[nH]2)c(C)c1. The van der Waals surface area contributed by atoms with E-state index in [1.807, 2.05) is 11.1 Å². The molecule has 1 saturated heterocycles. The number of carbonyl (C=O) groups excluding carboxylic acids is 1. The van der Waals surface area contributed by atoms with Crippen LogP contribution in [0.15, 0.2) is 24.4 Å². The normalized spacial score (nSPS) is 18.5. The van der Waals surface area contributed by atoms with Crippen molar-refractivity contribution >= 4 is 5.91 Å². The molecule has 1 amide bonds. The van der Waals surface area contributed by atoms with Gasteiger partial charge >= 0.3 is 0 Å². The molecule has 0 spiro atoms. The Bertz CT molecular complexity index is 702. The smallest absolute Gasteiger partial charge is 0.223 e. The number of imidazole rings is 1. The Kier molecular flexibility index (Phi) is 3.77. The highest BCUT2D eigenvalue weighted by Gasteiger charge is 2.33. The molecule has 1 aromatic carbocycles. The van der Waals surface area contributed by atoms with E-state index in [1.165, 1.54) is 16.7 Å². The quantitative estimate of drug-likeness (QED) is 0.943. The van der Waals surface area contributed by atoms with Crippen molar-refractivity contribution in [3.8, 4) is 11.3 Å². The minimum absolute atomic E-state index is 0.175. The summed E-state index contributed by atoms with van der Waals surface area (Å²) in [5, 5.41) is 0. The van der Waals surface area contributed by atoms with Crippen LogP contribution in [0.5, 0.6) is 0 Å². The minimum Gasteiger partial charge on any atom is -0.342 e. The maximum absolute atomic E-state index is 12.1. The molecule has 2 heterocycles. The maximum atomic E-state index is 12.1. The predicted octanol–water partition coefficient (Wildman–Crippen LogP) is 3.42. The van der Waals surface area contributed by atoms with Crippen LogP contribution in [-0.4, -0.2) is 33.4 Å². The molecule has 0 bridgehead atoms. The average molecular weight is 297 g/mol. The molecule has 2 aromatic rings. The van der Waals surface area contributed by atoms with Crippen molar-refractivity contribution < 1.29 is 4.79 Å². The number of likely N-dealkylation sites (tertiary alicyclic amines) is 1. The number of amides is 1. The second kappa shape index (κ2) is 5.59. The molecule has 1 aromatic heterocycles. The van der Waals surface area contributed by atoms with Gasteiger partial charge in [-0.3, -0.25) is 4.79 Å². The molecule has 1 fully saturated rings. The first-order chi connectivity index (χ1) is 10.5. The van der Waals surface area contributed by atoms with E-state index >= 15 is 0 Å². The van der Waals surface area contributed by atoms with Crippen LogP contribution in [0.25, 0.3) is 11.3 Å². The molecule has 22 heavy (non-hydrogen) atoms. The Labute approximate surface area is 131 Å². The van der Waals surface area contributed by atoms with Gasteiger partial charge in [0.15, 0.2) is 0 Å². The molecular formula is C18H23N3O. The van der Waals surface area contributed by atoms with Crippen molar-refractivity contribution in [2.24, 2.45) is 0 Å². The van der Waals surface area contributed by atoms with Crippen LogP contribution in [0.4, 0.5) is 0 Å². The second-order valence-electron chi connectivity index (χ2n) is 6.54. The van der Waals surface area contributed by atoms with Gasteiger partial charge in [0.2, 0.25) is 5.91 Å². The van der Waals surface area contributed by atoms with Crippen molar-refractivity contribution in [2.45, 2.75) is 46.1 Å². The summed E-state index contributed by atoms with van der Waals surface area (Å²) in [5.41, 5.74) is 4.70. The summed E-state index contributed by atoms with van der Waals surface area (Å²) in [5.74, 6) is 1.32. The van der Waals surface area contributed by atoms with Crippen molar-refractivity contribution in [2.75, 3.05) is 6.54 Å². The highest BCUT2D eigenvalue weighted by molar-refractivity contribution is 5.80. The molecular weight excluding hydrogens is 274 g/mol. The van der Waals surface area contributed by atoms with Gasteiger partial charge in [0, 0.05) is 30.5 Å². The van der Waals surface area contributed by atoms with Gasteiger partial charge in [-0.2, -0.15) is 0 Å². The van der Waals surface area contributed by atoms with Gasteiger partial charge < -0.3 is 9.88 Å². The molecule has 116 valence electrons. The van der Waals surface area contributed by atoms with Gasteiger partial charge in [-0.1, -0.05) is 23.8 Å². The van der Waals surface area contributed by atoms with E-state index in [1.54, 1.807) is 0 Å². The first-order valence-electron chi connectivity index (χ1n) is 7.87. The Morgan fingerprint density at radius 2 is 2.09 bits per heavy atom. The summed E-state index contributed by atoms with van der Waals surface area (Å²) < 4.78 is 0. The first kappa shape index (κ1) is 14.8. The number of nitrogens with zero attached hydrogens (tertiary/aromatic N) is 2. The molecule has 1 N–H and O–H groups in total. The summed E-state index contributed by atoms with van der Waals surface area (Å²) in [6.45, 7) is 9.09. The Balaban J connectivity index is 1.84. The third-order valence-electron chi connectivity index (χ3n) is 4.44. The lowest BCUT2D eigenvalue weighted by Crippen LogP contribution is -2.31. The number of aromatic nitrogens is 2. The van der Waals surface area contributed by atoms with Crippen LogP contribution in [-0.2, 0) is 4.79 Å². The lowest BCUT2D eigenvalue weighted by atomic mass is 10.0. The van der Waals surface area contributed by atoms with E-state index in [-0.39, 0.29) is 17.9 Å². The Morgan fingerprint density at radius 1 is 1.32 bits per heavy atom. The topological polar surface area (TPSA) is 49.0 Å². The molecule has 0 radical (unpaired) electrons.